The quantitative estimate of drug-likeness (QED) is 0.354. The van der Waals surface area contributed by atoms with E-state index < -0.39 is 0 Å². The number of furan rings is 1. The Bertz CT molecular complexity index is 688. The molecule has 0 saturated carbocycles. The van der Waals surface area contributed by atoms with Gasteiger partial charge in [0.25, 0.3) is 0 Å². The van der Waals surface area contributed by atoms with Gasteiger partial charge in [0.2, 0.25) is 0 Å². The smallest absolute Gasteiger partial charge is 0.191 e. The number of nitrogens with zero attached hydrogens (tertiary/aromatic N) is 1. The third-order valence-electron chi connectivity index (χ3n) is 4.32. The van der Waals surface area contributed by atoms with E-state index in [1.807, 2.05) is 18.2 Å². The summed E-state index contributed by atoms with van der Waals surface area (Å²) in [5.41, 5.74) is 0.839. The van der Waals surface area contributed by atoms with Crippen molar-refractivity contribution in [3.05, 3.63) is 59.8 Å². The first-order valence-corrected chi connectivity index (χ1v) is 9.20. The Balaban J connectivity index is 0.00000261. The number of rotatable bonds is 7. The van der Waals surface area contributed by atoms with Gasteiger partial charge in [0.1, 0.15) is 11.6 Å². The predicted octanol–water partition coefficient (Wildman–Crippen LogP) is 3.88. The minimum absolute atomic E-state index is 0. The maximum Gasteiger partial charge on any atom is 0.191 e. The molecule has 0 aliphatic carbocycles. The Morgan fingerprint density at radius 2 is 2.11 bits per heavy atom. The van der Waals surface area contributed by atoms with Crippen molar-refractivity contribution in [2.45, 2.75) is 38.3 Å². The first kappa shape index (κ1) is 21.7. The van der Waals surface area contributed by atoms with Crippen molar-refractivity contribution >= 4 is 29.9 Å². The summed E-state index contributed by atoms with van der Waals surface area (Å²) in [6.07, 6.45) is 6.07. The molecule has 1 aliphatic heterocycles. The topological polar surface area (TPSA) is 58.8 Å². The van der Waals surface area contributed by atoms with Crippen molar-refractivity contribution in [2.24, 2.45) is 4.99 Å². The van der Waals surface area contributed by atoms with E-state index in [9.17, 15) is 4.39 Å². The molecule has 27 heavy (non-hydrogen) atoms. The van der Waals surface area contributed by atoms with Gasteiger partial charge in [0, 0.05) is 26.1 Å². The van der Waals surface area contributed by atoms with E-state index in [1.54, 1.807) is 12.3 Å². The minimum atomic E-state index is -0.242. The third kappa shape index (κ3) is 7.88. The van der Waals surface area contributed by atoms with Crippen LogP contribution in [0.4, 0.5) is 4.39 Å². The monoisotopic (exact) mass is 487 g/mol. The molecule has 2 heterocycles. The van der Waals surface area contributed by atoms with Crippen LogP contribution in [0.25, 0.3) is 0 Å². The Kier molecular flexibility index (Phi) is 9.61. The lowest BCUT2D eigenvalue weighted by atomic mass is 10.1. The molecule has 1 aliphatic rings. The molecule has 5 nitrogen and oxygen atoms in total. The normalized spacial score (nSPS) is 17.2. The van der Waals surface area contributed by atoms with E-state index in [2.05, 4.69) is 15.6 Å². The van der Waals surface area contributed by atoms with Gasteiger partial charge in [-0.2, -0.15) is 0 Å². The van der Waals surface area contributed by atoms with Crippen LogP contribution in [0.2, 0.25) is 0 Å². The summed E-state index contributed by atoms with van der Waals surface area (Å²) >= 11 is 0. The molecule has 0 radical (unpaired) electrons. The molecular weight excluding hydrogens is 460 g/mol. The molecule has 1 saturated heterocycles. The highest BCUT2D eigenvalue weighted by molar-refractivity contribution is 14.0. The van der Waals surface area contributed by atoms with Crippen LogP contribution in [-0.2, 0) is 17.7 Å². The zero-order valence-corrected chi connectivity index (χ0v) is 17.7. The number of aliphatic imine (C=N–C) groups is 1. The summed E-state index contributed by atoms with van der Waals surface area (Å²) in [7, 11) is 0. The van der Waals surface area contributed by atoms with Gasteiger partial charge >= 0.3 is 0 Å². The molecule has 148 valence electrons. The number of guanidine groups is 1. The summed E-state index contributed by atoms with van der Waals surface area (Å²) in [6.45, 7) is 2.66. The average Bonchev–Trinajstić information content (AvgIpc) is 3.18. The number of hydrogen-bond donors (Lipinski definition) is 2. The molecule has 1 aromatic heterocycles. The van der Waals surface area contributed by atoms with Crippen molar-refractivity contribution < 1.29 is 13.5 Å². The molecule has 3 rings (SSSR count). The molecule has 1 unspecified atom stereocenters. The average molecular weight is 487 g/mol. The number of hydrogen-bond acceptors (Lipinski definition) is 3. The van der Waals surface area contributed by atoms with Gasteiger partial charge < -0.3 is 19.8 Å². The molecule has 2 N–H and O–H groups in total. The lowest BCUT2D eigenvalue weighted by molar-refractivity contribution is 0.0194. The van der Waals surface area contributed by atoms with Crippen LogP contribution in [0.5, 0.6) is 0 Å². The van der Waals surface area contributed by atoms with Crippen molar-refractivity contribution in [3.63, 3.8) is 0 Å². The lowest BCUT2D eigenvalue weighted by Crippen LogP contribution is -2.43. The van der Waals surface area contributed by atoms with Gasteiger partial charge in [-0.05, 0) is 49.1 Å². The highest BCUT2D eigenvalue weighted by Gasteiger charge is 2.14. The Morgan fingerprint density at radius 3 is 2.85 bits per heavy atom. The number of ether oxygens (including phenoxy) is 1. The van der Waals surface area contributed by atoms with Gasteiger partial charge in [0.15, 0.2) is 5.96 Å². The van der Waals surface area contributed by atoms with Crippen molar-refractivity contribution in [1.82, 2.24) is 10.6 Å². The molecular formula is C20H27FIN3O2. The lowest BCUT2D eigenvalue weighted by Gasteiger charge is -2.23. The first-order valence-electron chi connectivity index (χ1n) is 9.20. The zero-order chi connectivity index (χ0) is 18.0. The second-order valence-electron chi connectivity index (χ2n) is 6.42. The molecule has 0 spiro atoms. The molecule has 1 atom stereocenters. The molecule has 1 fully saturated rings. The van der Waals surface area contributed by atoms with Gasteiger partial charge in [-0.25, -0.2) is 9.38 Å². The van der Waals surface area contributed by atoms with Crippen LogP contribution in [0.15, 0.2) is 52.1 Å². The molecule has 0 amide bonds. The van der Waals surface area contributed by atoms with Crippen molar-refractivity contribution in [1.29, 1.82) is 0 Å². The standard InChI is InChI=1S/C20H26FN3O2.HI/c21-17-6-3-5-16(13-17)14-23-20(22-10-9-18-8-4-12-25-18)24-15-19-7-1-2-11-26-19;/h3-6,8,12-13,19H,1-2,7,9-11,14-15H2,(H2,22,23,24);1H. The number of halogens is 2. The van der Waals surface area contributed by atoms with Crippen molar-refractivity contribution in [2.75, 3.05) is 19.7 Å². The SMILES string of the molecule is Fc1cccc(CN=C(NCCc2ccco2)NCC2CCCCO2)c1.I. The number of nitrogens with one attached hydrogen (secondary N) is 2. The molecule has 1 aromatic carbocycles. The van der Waals surface area contributed by atoms with Crippen LogP contribution in [-0.4, -0.2) is 31.8 Å². The van der Waals surface area contributed by atoms with Crippen LogP contribution >= 0.6 is 24.0 Å². The van der Waals surface area contributed by atoms with Crippen LogP contribution in [0.3, 0.4) is 0 Å². The van der Waals surface area contributed by atoms with Gasteiger partial charge in [-0.15, -0.1) is 24.0 Å². The first-order chi connectivity index (χ1) is 12.8. The number of benzene rings is 1. The summed E-state index contributed by atoms with van der Waals surface area (Å²) in [4.78, 5) is 4.58. The van der Waals surface area contributed by atoms with Crippen LogP contribution in [0, 0.1) is 5.82 Å². The van der Waals surface area contributed by atoms with Crippen LogP contribution < -0.4 is 10.6 Å². The van der Waals surface area contributed by atoms with E-state index in [0.717, 1.165) is 43.7 Å². The third-order valence-corrected chi connectivity index (χ3v) is 4.32. The van der Waals surface area contributed by atoms with E-state index in [1.165, 1.54) is 18.6 Å². The fourth-order valence-electron chi connectivity index (χ4n) is 2.92. The zero-order valence-electron chi connectivity index (χ0n) is 15.3. The summed E-state index contributed by atoms with van der Waals surface area (Å²) in [6, 6.07) is 10.4. The highest BCUT2D eigenvalue weighted by Crippen LogP contribution is 2.11. The predicted molar refractivity (Wildman–Crippen MR) is 115 cm³/mol. The second kappa shape index (κ2) is 12.0. The largest absolute Gasteiger partial charge is 0.469 e. The molecule has 7 heteroatoms. The molecule has 0 bridgehead atoms. The summed E-state index contributed by atoms with van der Waals surface area (Å²) in [5.74, 6) is 1.39. The van der Waals surface area contributed by atoms with E-state index in [4.69, 9.17) is 9.15 Å². The van der Waals surface area contributed by atoms with Crippen molar-refractivity contribution in [3.8, 4) is 0 Å². The van der Waals surface area contributed by atoms with E-state index in [0.29, 0.717) is 19.0 Å². The Morgan fingerprint density at radius 1 is 1.19 bits per heavy atom. The summed E-state index contributed by atoms with van der Waals surface area (Å²) < 4.78 is 24.4. The Labute approximate surface area is 176 Å². The minimum Gasteiger partial charge on any atom is -0.469 e. The maximum atomic E-state index is 13.3. The van der Waals surface area contributed by atoms with Gasteiger partial charge in [-0.3, -0.25) is 0 Å². The fraction of sp³-hybridized carbons (Fsp3) is 0.450. The van der Waals surface area contributed by atoms with E-state index >= 15 is 0 Å². The maximum absolute atomic E-state index is 13.3. The van der Waals surface area contributed by atoms with Gasteiger partial charge in [-0.1, -0.05) is 12.1 Å². The Hall–Kier alpha value is -1.61. The van der Waals surface area contributed by atoms with E-state index in [-0.39, 0.29) is 35.9 Å². The van der Waals surface area contributed by atoms with Gasteiger partial charge in [0.05, 0.1) is 18.9 Å². The highest BCUT2D eigenvalue weighted by atomic mass is 127. The summed E-state index contributed by atoms with van der Waals surface area (Å²) in [5, 5.41) is 6.66. The molecule has 2 aromatic rings. The van der Waals surface area contributed by atoms with Crippen LogP contribution in [0.1, 0.15) is 30.6 Å². The second-order valence-corrected chi connectivity index (χ2v) is 6.42. The fourth-order valence-corrected chi connectivity index (χ4v) is 2.92.